The van der Waals surface area contributed by atoms with Crippen LogP contribution in [0, 0.1) is 17.7 Å². The molecular weight excluding hydrogens is 575 g/mol. The Bertz CT molecular complexity index is 1180. The van der Waals surface area contributed by atoms with Crippen LogP contribution in [0.4, 0.5) is 4.39 Å². The smallest absolute Gasteiger partial charge is 0.321 e. The third kappa shape index (κ3) is 8.81. The van der Waals surface area contributed by atoms with Crippen LogP contribution in [0.25, 0.3) is 0 Å². The molecule has 13 nitrogen and oxygen atoms in total. The van der Waals surface area contributed by atoms with Crippen LogP contribution in [-0.4, -0.2) is 92.6 Å². The minimum Gasteiger partial charge on any atom is -0.465 e. The maximum Gasteiger partial charge on any atom is 0.321 e. The summed E-state index contributed by atoms with van der Waals surface area (Å²) in [6, 6.07) is 5.20. The van der Waals surface area contributed by atoms with Crippen molar-refractivity contribution in [1.82, 2.24) is 0 Å². The number of rotatable bonds is 9. The second-order valence-corrected chi connectivity index (χ2v) is 9.58. The highest BCUT2D eigenvalue weighted by atomic mass is 19.1. The summed E-state index contributed by atoms with van der Waals surface area (Å²) >= 11 is 0. The molecule has 1 N–H and O–H groups in total. The molecule has 3 rings (SSSR count). The average molecular weight is 611 g/mol. The molecule has 1 aromatic rings. The van der Waals surface area contributed by atoms with Crippen molar-refractivity contribution in [3.63, 3.8) is 0 Å². The molecule has 7 atom stereocenters. The lowest BCUT2D eigenvalue weighted by molar-refractivity contribution is -0.304. The van der Waals surface area contributed by atoms with Gasteiger partial charge in [-0.05, 0) is 44.4 Å². The van der Waals surface area contributed by atoms with Crippen molar-refractivity contribution in [2.75, 3.05) is 26.9 Å². The summed E-state index contributed by atoms with van der Waals surface area (Å²) < 4.78 is 51.6. The highest BCUT2D eigenvalue weighted by Gasteiger charge is 2.54. The first kappa shape index (κ1) is 33.6. The van der Waals surface area contributed by atoms with Crippen LogP contribution in [0.2, 0.25) is 0 Å². The van der Waals surface area contributed by atoms with Crippen LogP contribution >= 0.6 is 0 Å². The van der Waals surface area contributed by atoms with Gasteiger partial charge >= 0.3 is 29.8 Å². The molecular formula is C29H35FO13. The molecule has 0 amide bonds. The molecule has 2 heterocycles. The van der Waals surface area contributed by atoms with Crippen LogP contribution < -0.4 is 0 Å². The zero-order valence-corrected chi connectivity index (χ0v) is 24.0. The van der Waals surface area contributed by atoms with Crippen molar-refractivity contribution in [3.8, 4) is 0 Å². The Morgan fingerprint density at radius 1 is 0.953 bits per heavy atom. The van der Waals surface area contributed by atoms with Gasteiger partial charge < -0.3 is 38.3 Å². The van der Waals surface area contributed by atoms with Crippen LogP contribution in [0.5, 0.6) is 0 Å². The van der Waals surface area contributed by atoms with Gasteiger partial charge in [0.25, 0.3) is 0 Å². The number of methoxy groups -OCH3 is 1. The SMILES string of the molecule is CCOC(=O)[C@H]1C/C=C\C[C@H](C(=O)OCC)C(=O)O[C@H]2[C@@H](OC)O[C@H](CO)[C@@H](OC(=O)Cc3cccc(F)c3)[C@@H]2OC1=O. The molecule has 2 aliphatic heterocycles. The lowest BCUT2D eigenvalue weighted by Gasteiger charge is -2.44. The number of hydrogen-bond donors (Lipinski definition) is 1. The topological polar surface area (TPSA) is 170 Å². The zero-order chi connectivity index (χ0) is 31.5. The van der Waals surface area contributed by atoms with Crippen molar-refractivity contribution in [3.05, 3.63) is 47.8 Å². The third-order valence-corrected chi connectivity index (χ3v) is 6.63. The number of allylic oxidation sites excluding steroid dienone is 2. The number of benzene rings is 1. The molecule has 0 aromatic heterocycles. The quantitative estimate of drug-likeness (QED) is 0.183. The van der Waals surface area contributed by atoms with Gasteiger partial charge in [0.05, 0.1) is 26.2 Å². The van der Waals surface area contributed by atoms with Crippen LogP contribution in [0.15, 0.2) is 36.4 Å². The monoisotopic (exact) mass is 610 g/mol. The van der Waals surface area contributed by atoms with E-state index in [1.165, 1.54) is 37.5 Å². The van der Waals surface area contributed by atoms with E-state index in [1.54, 1.807) is 13.8 Å². The van der Waals surface area contributed by atoms with Gasteiger partial charge in [-0.3, -0.25) is 24.0 Å². The highest BCUT2D eigenvalue weighted by molar-refractivity contribution is 5.96. The molecule has 0 unspecified atom stereocenters. The van der Waals surface area contributed by atoms with E-state index in [2.05, 4.69) is 0 Å². The summed E-state index contributed by atoms with van der Waals surface area (Å²) in [6.45, 7) is 2.29. The van der Waals surface area contributed by atoms with E-state index in [0.29, 0.717) is 0 Å². The first-order valence-corrected chi connectivity index (χ1v) is 13.8. The molecule has 0 radical (unpaired) electrons. The number of aliphatic hydroxyl groups is 1. The van der Waals surface area contributed by atoms with Gasteiger partial charge in [0, 0.05) is 7.11 Å². The Balaban J connectivity index is 2.04. The molecule has 0 saturated carbocycles. The Labute approximate surface area is 247 Å². The maximum atomic E-state index is 13.7. The van der Waals surface area contributed by atoms with E-state index in [0.717, 1.165) is 6.07 Å². The first-order valence-electron chi connectivity index (χ1n) is 13.8. The molecule has 2 aliphatic rings. The van der Waals surface area contributed by atoms with Gasteiger partial charge in [-0.2, -0.15) is 0 Å². The van der Waals surface area contributed by atoms with E-state index >= 15 is 0 Å². The Hall–Kier alpha value is -3.88. The van der Waals surface area contributed by atoms with Crippen molar-refractivity contribution in [2.45, 2.75) is 63.8 Å². The summed E-state index contributed by atoms with van der Waals surface area (Å²) in [4.78, 5) is 65.0. The number of halogens is 1. The number of aliphatic hydroxyl groups excluding tert-OH is 1. The van der Waals surface area contributed by atoms with E-state index in [4.69, 9.17) is 33.2 Å². The normalized spacial score (nSPS) is 28.5. The van der Waals surface area contributed by atoms with Crippen molar-refractivity contribution in [2.24, 2.45) is 11.8 Å². The summed E-state index contributed by atoms with van der Waals surface area (Å²) in [6.07, 6.45) is -5.73. The van der Waals surface area contributed by atoms with Gasteiger partial charge in [-0.25, -0.2) is 4.39 Å². The van der Waals surface area contributed by atoms with Gasteiger partial charge in [-0.1, -0.05) is 24.3 Å². The molecule has 14 heteroatoms. The van der Waals surface area contributed by atoms with Gasteiger partial charge in [0.15, 0.2) is 36.4 Å². The number of hydrogen-bond acceptors (Lipinski definition) is 13. The van der Waals surface area contributed by atoms with Gasteiger partial charge in [-0.15, -0.1) is 0 Å². The first-order chi connectivity index (χ1) is 20.6. The Kier molecular flexibility index (Phi) is 12.6. The highest BCUT2D eigenvalue weighted by Crippen LogP contribution is 2.31. The molecule has 0 aliphatic carbocycles. The van der Waals surface area contributed by atoms with E-state index < -0.39 is 91.2 Å². The molecule has 1 aromatic carbocycles. The number of carbonyl (C=O) groups excluding carboxylic acids is 5. The second kappa shape index (κ2) is 16.1. The zero-order valence-electron chi connectivity index (χ0n) is 24.0. The third-order valence-electron chi connectivity index (χ3n) is 6.63. The van der Waals surface area contributed by atoms with E-state index in [-0.39, 0.29) is 31.6 Å². The predicted molar refractivity (Wildman–Crippen MR) is 141 cm³/mol. The number of fused-ring (bicyclic) bond motifs is 1. The Morgan fingerprint density at radius 3 is 2.05 bits per heavy atom. The minimum absolute atomic E-state index is 0.0216. The molecule has 1 saturated heterocycles. The number of esters is 5. The fraction of sp³-hybridized carbons (Fsp3) is 0.552. The number of ether oxygens (including phenoxy) is 7. The predicted octanol–water partition coefficient (Wildman–Crippen LogP) is 1.18. The molecule has 0 bridgehead atoms. The lowest BCUT2D eigenvalue weighted by Crippen LogP contribution is -2.63. The molecule has 236 valence electrons. The fourth-order valence-corrected chi connectivity index (χ4v) is 4.58. The summed E-state index contributed by atoms with van der Waals surface area (Å²) in [5.74, 6) is -8.40. The van der Waals surface area contributed by atoms with E-state index in [1.807, 2.05) is 0 Å². The van der Waals surface area contributed by atoms with Gasteiger partial charge in [0.2, 0.25) is 0 Å². The summed E-state index contributed by atoms with van der Waals surface area (Å²) in [7, 11) is 1.19. The van der Waals surface area contributed by atoms with E-state index in [9.17, 15) is 33.5 Å². The van der Waals surface area contributed by atoms with Gasteiger partial charge in [0.1, 0.15) is 11.9 Å². The number of carbonyl (C=O) groups is 5. The average Bonchev–Trinajstić information content (AvgIpc) is 2.96. The minimum atomic E-state index is -1.69. The van der Waals surface area contributed by atoms with Crippen molar-refractivity contribution < 1.29 is 66.6 Å². The molecule has 1 fully saturated rings. The summed E-state index contributed by atoms with van der Waals surface area (Å²) in [5.41, 5.74) is 0.266. The van der Waals surface area contributed by atoms with Crippen molar-refractivity contribution >= 4 is 29.8 Å². The molecule has 43 heavy (non-hydrogen) atoms. The van der Waals surface area contributed by atoms with Crippen LogP contribution in [0.1, 0.15) is 32.3 Å². The summed E-state index contributed by atoms with van der Waals surface area (Å²) in [5, 5.41) is 10.1. The standard InChI is InChI=1S/C29H35FO13/c1-4-38-25(33)18-11-6-7-12-19(26(34)39-5-2)28(36)43-24-23(42-27(18)35)22(20(15-31)40-29(24)37-3)41-21(32)14-16-9-8-10-17(30)13-16/h6-10,13,18-20,22-24,29,31H,4-5,11-12,14-15H2,1-3H3/b7-6-/t18-,19-,20-,22-,23+,24-,29+/m1/s1. The maximum absolute atomic E-state index is 13.7. The Morgan fingerprint density at radius 2 is 1.53 bits per heavy atom. The van der Waals surface area contributed by atoms with Crippen LogP contribution in [0.3, 0.4) is 0 Å². The lowest BCUT2D eigenvalue weighted by atomic mass is 9.96. The van der Waals surface area contributed by atoms with Crippen LogP contribution in [-0.2, 0) is 63.6 Å². The largest absolute Gasteiger partial charge is 0.465 e. The molecule has 0 spiro atoms. The second-order valence-electron chi connectivity index (χ2n) is 9.58. The fourth-order valence-electron chi connectivity index (χ4n) is 4.58. The van der Waals surface area contributed by atoms with Crippen molar-refractivity contribution in [1.29, 1.82) is 0 Å².